The van der Waals surface area contributed by atoms with Gasteiger partial charge in [0.15, 0.2) is 0 Å². The monoisotopic (exact) mass is 370 g/mol. The number of hydrogen-bond donors (Lipinski definition) is 1. The SMILES string of the molecule is CCCCCNc1ccc(C(=O)N2CCN(c3ccccc3F)CC2)nc1. The standard InChI is InChI=1S/C21H27FN4O/c1-2-3-6-11-23-17-9-10-19(24-16-17)21(27)26-14-12-25(13-15-26)20-8-5-4-7-18(20)22/h4-5,7-10,16,23H,2-3,6,11-15H2,1H3. The number of halogens is 1. The molecule has 0 radical (unpaired) electrons. The predicted molar refractivity (Wildman–Crippen MR) is 107 cm³/mol. The number of amides is 1. The summed E-state index contributed by atoms with van der Waals surface area (Å²) in [6.45, 7) is 5.45. The summed E-state index contributed by atoms with van der Waals surface area (Å²) in [7, 11) is 0. The second kappa shape index (κ2) is 9.35. The third kappa shape index (κ3) is 4.96. The summed E-state index contributed by atoms with van der Waals surface area (Å²) in [5, 5.41) is 3.32. The van der Waals surface area contributed by atoms with E-state index in [1.165, 1.54) is 18.9 Å². The summed E-state index contributed by atoms with van der Waals surface area (Å²) in [4.78, 5) is 20.8. The Balaban J connectivity index is 1.52. The van der Waals surface area contributed by atoms with Gasteiger partial charge in [-0.05, 0) is 30.7 Å². The maximum atomic E-state index is 13.9. The van der Waals surface area contributed by atoms with E-state index in [-0.39, 0.29) is 11.7 Å². The molecule has 1 N–H and O–H groups in total. The number of carbonyl (C=O) groups is 1. The molecule has 0 saturated carbocycles. The van der Waals surface area contributed by atoms with Crippen molar-refractivity contribution in [3.05, 3.63) is 54.1 Å². The molecule has 5 nitrogen and oxygen atoms in total. The van der Waals surface area contributed by atoms with Crippen LogP contribution in [0.25, 0.3) is 0 Å². The summed E-state index contributed by atoms with van der Waals surface area (Å²) in [5.74, 6) is -0.290. The second-order valence-corrected chi connectivity index (χ2v) is 6.80. The van der Waals surface area contributed by atoms with Crippen molar-refractivity contribution in [2.75, 3.05) is 42.9 Å². The van der Waals surface area contributed by atoms with Crippen molar-refractivity contribution in [2.45, 2.75) is 26.2 Å². The van der Waals surface area contributed by atoms with E-state index in [0.29, 0.717) is 37.6 Å². The fraction of sp³-hybridized carbons (Fsp3) is 0.429. The van der Waals surface area contributed by atoms with Gasteiger partial charge < -0.3 is 15.1 Å². The zero-order valence-corrected chi connectivity index (χ0v) is 15.8. The number of pyridine rings is 1. The van der Waals surface area contributed by atoms with E-state index < -0.39 is 0 Å². The minimum atomic E-state index is -0.221. The predicted octanol–water partition coefficient (Wildman–Crippen LogP) is 3.79. The van der Waals surface area contributed by atoms with Crippen LogP contribution < -0.4 is 10.2 Å². The van der Waals surface area contributed by atoms with Crippen LogP contribution in [0.5, 0.6) is 0 Å². The number of hydrogen-bond acceptors (Lipinski definition) is 4. The Labute approximate surface area is 160 Å². The Morgan fingerprint density at radius 1 is 1.11 bits per heavy atom. The first-order chi connectivity index (χ1) is 13.2. The average molecular weight is 370 g/mol. The van der Waals surface area contributed by atoms with Gasteiger partial charge in [-0.3, -0.25) is 4.79 Å². The molecule has 27 heavy (non-hydrogen) atoms. The highest BCUT2D eigenvalue weighted by molar-refractivity contribution is 5.92. The average Bonchev–Trinajstić information content (AvgIpc) is 2.72. The van der Waals surface area contributed by atoms with Gasteiger partial charge in [-0.2, -0.15) is 0 Å². The number of carbonyl (C=O) groups excluding carboxylic acids is 1. The minimum absolute atomic E-state index is 0.0688. The highest BCUT2D eigenvalue weighted by atomic mass is 19.1. The lowest BCUT2D eigenvalue weighted by Gasteiger charge is -2.36. The van der Waals surface area contributed by atoms with Gasteiger partial charge in [-0.15, -0.1) is 0 Å². The molecule has 1 aliphatic rings. The van der Waals surface area contributed by atoms with Crippen molar-refractivity contribution < 1.29 is 9.18 Å². The third-order valence-corrected chi connectivity index (χ3v) is 4.85. The number of para-hydroxylation sites is 1. The van der Waals surface area contributed by atoms with E-state index in [1.807, 2.05) is 17.0 Å². The van der Waals surface area contributed by atoms with Crippen molar-refractivity contribution in [3.8, 4) is 0 Å². The summed E-state index contributed by atoms with van der Waals surface area (Å²) in [6, 6.07) is 10.4. The van der Waals surface area contributed by atoms with Gasteiger partial charge in [0, 0.05) is 32.7 Å². The fourth-order valence-corrected chi connectivity index (χ4v) is 3.25. The lowest BCUT2D eigenvalue weighted by Crippen LogP contribution is -2.49. The number of rotatable bonds is 7. The van der Waals surface area contributed by atoms with Crippen LogP contribution >= 0.6 is 0 Å². The van der Waals surface area contributed by atoms with Crippen molar-refractivity contribution >= 4 is 17.3 Å². The molecule has 1 aliphatic heterocycles. The molecule has 2 heterocycles. The molecule has 1 saturated heterocycles. The highest BCUT2D eigenvalue weighted by Gasteiger charge is 2.24. The normalized spacial score (nSPS) is 14.3. The van der Waals surface area contributed by atoms with Gasteiger partial charge in [0.05, 0.1) is 17.6 Å². The smallest absolute Gasteiger partial charge is 0.272 e. The molecule has 0 atom stereocenters. The van der Waals surface area contributed by atoms with E-state index >= 15 is 0 Å². The summed E-state index contributed by atoms with van der Waals surface area (Å²) in [6.07, 6.45) is 5.24. The number of unbranched alkanes of at least 4 members (excludes halogenated alkanes) is 2. The fourth-order valence-electron chi connectivity index (χ4n) is 3.25. The van der Waals surface area contributed by atoms with E-state index in [9.17, 15) is 9.18 Å². The van der Waals surface area contributed by atoms with Gasteiger partial charge in [0.1, 0.15) is 11.5 Å². The Kier molecular flexibility index (Phi) is 6.63. The number of benzene rings is 1. The number of nitrogens with one attached hydrogen (secondary N) is 1. The van der Waals surface area contributed by atoms with Gasteiger partial charge in [0.25, 0.3) is 5.91 Å². The minimum Gasteiger partial charge on any atom is -0.384 e. The van der Waals surface area contributed by atoms with Gasteiger partial charge in [-0.1, -0.05) is 31.9 Å². The summed E-state index contributed by atoms with van der Waals surface area (Å²) in [5.41, 5.74) is 1.99. The molecule has 1 aromatic heterocycles. The lowest BCUT2D eigenvalue weighted by molar-refractivity contribution is 0.0741. The van der Waals surface area contributed by atoms with E-state index in [4.69, 9.17) is 0 Å². The molecule has 1 aromatic carbocycles. The van der Waals surface area contributed by atoms with E-state index in [1.54, 1.807) is 29.3 Å². The van der Waals surface area contributed by atoms with Crippen LogP contribution in [0.3, 0.4) is 0 Å². The first kappa shape index (κ1) is 19.1. The maximum Gasteiger partial charge on any atom is 0.272 e. The van der Waals surface area contributed by atoms with Gasteiger partial charge in [0.2, 0.25) is 0 Å². The zero-order valence-electron chi connectivity index (χ0n) is 15.8. The third-order valence-electron chi connectivity index (χ3n) is 4.85. The van der Waals surface area contributed by atoms with Crippen LogP contribution in [-0.4, -0.2) is 48.5 Å². The Hall–Kier alpha value is -2.63. The molecule has 2 aromatic rings. The molecule has 144 valence electrons. The lowest BCUT2D eigenvalue weighted by atomic mass is 10.2. The molecule has 3 rings (SSSR count). The van der Waals surface area contributed by atoms with Crippen molar-refractivity contribution in [3.63, 3.8) is 0 Å². The van der Waals surface area contributed by atoms with Crippen LogP contribution in [0, 0.1) is 5.82 Å². The molecule has 6 heteroatoms. The molecule has 0 unspecified atom stereocenters. The summed E-state index contributed by atoms with van der Waals surface area (Å²) < 4.78 is 13.9. The topological polar surface area (TPSA) is 48.5 Å². The largest absolute Gasteiger partial charge is 0.384 e. The molecule has 0 bridgehead atoms. The van der Waals surface area contributed by atoms with Crippen LogP contribution in [-0.2, 0) is 0 Å². The molecular weight excluding hydrogens is 343 g/mol. The number of nitrogens with zero attached hydrogens (tertiary/aromatic N) is 3. The maximum absolute atomic E-state index is 13.9. The Morgan fingerprint density at radius 2 is 1.89 bits per heavy atom. The van der Waals surface area contributed by atoms with Gasteiger partial charge >= 0.3 is 0 Å². The zero-order chi connectivity index (χ0) is 19.1. The van der Waals surface area contributed by atoms with Crippen LogP contribution in [0.15, 0.2) is 42.6 Å². The first-order valence-electron chi connectivity index (χ1n) is 9.67. The highest BCUT2D eigenvalue weighted by Crippen LogP contribution is 2.20. The summed E-state index contributed by atoms with van der Waals surface area (Å²) >= 11 is 0. The number of piperazine rings is 1. The van der Waals surface area contributed by atoms with Gasteiger partial charge in [-0.25, -0.2) is 9.37 Å². The van der Waals surface area contributed by atoms with E-state index in [2.05, 4.69) is 17.2 Å². The molecule has 0 aliphatic carbocycles. The van der Waals surface area contributed by atoms with Crippen molar-refractivity contribution in [1.82, 2.24) is 9.88 Å². The molecule has 1 fully saturated rings. The van der Waals surface area contributed by atoms with E-state index in [0.717, 1.165) is 18.7 Å². The van der Waals surface area contributed by atoms with Crippen LogP contribution in [0.2, 0.25) is 0 Å². The van der Waals surface area contributed by atoms with Crippen molar-refractivity contribution in [2.24, 2.45) is 0 Å². The number of aromatic nitrogens is 1. The second-order valence-electron chi connectivity index (χ2n) is 6.80. The molecule has 1 amide bonds. The first-order valence-corrected chi connectivity index (χ1v) is 9.67. The van der Waals surface area contributed by atoms with Crippen molar-refractivity contribution in [1.29, 1.82) is 0 Å². The van der Waals surface area contributed by atoms with Crippen LogP contribution in [0.4, 0.5) is 15.8 Å². The molecule has 0 spiro atoms. The Bertz CT molecular complexity index is 742. The quantitative estimate of drug-likeness (QED) is 0.754. The Morgan fingerprint density at radius 3 is 2.56 bits per heavy atom. The number of anilines is 2. The van der Waals surface area contributed by atoms with Crippen LogP contribution in [0.1, 0.15) is 36.7 Å². The molecular formula is C21H27FN4O.